The van der Waals surface area contributed by atoms with Crippen molar-refractivity contribution in [1.82, 2.24) is 4.98 Å². The molecule has 0 aliphatic carbocycles. The van der Waals surface area contributed by atoms with Crippen molar-refractivity contribution < 1.29 is 66.4 Å². The third-order valence-corrected chi connectivity index (χ3v) is 15.8. The van der Waals surface area contributed by atoms with E-state index in [0.717, 1.165) is 30.3 Å². The zero-order valence-electron chi connectivity index (χ0n) is 39.9. The number of amides is 1. The molecule has 0 atom stereocenters. The molecule has 404 valence electrons. The lowest BCUT2D eigenvalue weighted by Crippen LogP contribution is -2.13. The predicted octanol–water partition coefficient (Wildman–Crippen LogP) is 10.3. The molecular formula is C48H31N11O16S5. The number of non-ortho nitro benzene ring substituents is 1. The van der Waals surface area contributed by atoms with Gasteiger partial charge in [0.05, 0.1) is 31.5 Å². The van der Waals surface area contributed by atoms with Crippen molar-refractivity contribution in [2.45, 2.75) is 26.5 Å². The fourth-order valence-corrected chi connectivity index (χ4v) is 10.9. The number of aldehydes is 1. The van der Waals surface area contributed by atoms with Gasteiger partial charge in [0.2, 0.25) is 0 Å². The molecule has 2 aromatic heterocycles. The summed E-state index contributed by atoms with van der Waals surface area (Å²) in [5.74, 6) is -0.963. The minimum atomic E-state index is -5.34. The lowest BCUT2D eigenvalue weighted by Gasteiger charge is -2.16. The first-order valence-electron chi connectivity index (χ1n) is 21.9. The summed E-state index contributed by atoms with van der Waals surface area (Å²) in [6, 6.07) is 27.7. The minimum absolute atomic E-state index is 0.0335. The number of nitrogens with one attached hydrogen (secondary N) is 3. The lowest BCUT2D eigenvalue weighted by molar-refractivity contribution is -0.384. The van der Waals surface area contributed by atoms with E-state index in [-0.39, 0.29) is 83.3 Å². The van der Waals surface area contributed by atoms with Crippen molar-refractivity contribution in [3.63, 3.8) is 0 Å². The Morgan fingerprint density at radius 3 is 1.71 bits per heavy atom. The van der Waals surface area contributed by atoms with Crippen LogP contribution in [0.3, 0.4) is 0 Å². The summed E-state index contributed by atoms with van der Waals surface area (Å²) in [4.78, 5) is 36.9. The van der Waals surface area contributed by atoms with E-state index in [4.69, 9.17) is 0 Å². The Morgan fingerprint density at radius 2 is 1.18 bits per heavy atom. The standard InChI is InChI=1S/C48H31N11O16S5/c1-25-38(22-49)44(51-28-10-14-33(15-11-28)77(64,65)66)54-45(52-29-12-16-34(17-13-29)78(67,68)69)43(25)56-57-47-39(23-50)42(26-6-8-30(9-7-26)53-46(61)35-5-3-2-4-27(35)24-60)48(76-47)58-55-31-18-36-37(40(19-31)79(70,71)72)20-32(59(62)63)21-41(36)80(73,74)75/h2-21,24H,1H3,(H,53,61)(H2,51,52,54)(H,64,65,66)(H,67,68,69)(H,70,71,72)(H,73,74,75). The number of nitro benzene ring substituents is 1. The Bertz CT molecular complexity index is 4540. The molecule has 0 fully saturated rings. The third kappa shape index (κ3) is 12.2. The highest BCUT2D eigenvalue weighted by atomic mass is 32.2. The molecule has 1 amide bonds. The van der Waals surface area contributed by atoms with Crippen LogP contribution in [0.1, 0.15) is 37.4 Å². The van der Waals surface area contributed by atoms with Gasteiger partial charge in [-0.3, -0.25) is 37.9 Å². The molecule has 8 rings (SSSR count). The molecule has 32 heteroatoms. The molecule has 80 heavy (non-hydrogen) atoms. The summed E-state index contributed by atoms with van der Waals surface area (Å²) in [5, 5.41) is 56.8. The highest BCUT2D eigenvalue weighted by molar-refractivity contribution is 7.86. The molecule has 6 aromatic carbocycles. The Balaban J connectivity index is 1.30. The van der Waals surface area contributed by atoms with E-state index in [2.05, 4.69) is 41.4 Å². The molecule has 0 aliphatic heterocycles. The number of nitro groups is 1. The number of rotatable bonds is 17. The zero-order chi connectivity index (χ0) is 58.1. The average Bonchev–Trinajstić information content (AvgIpc) is 3.81. The Labute approximate surface area is 455 Å². The number of carbonyl (C=O) groups excluding carboxylic acids is 2. The SMILES string of the molecule is Cc1c(C#N)c(Nc2ccc(S(=O)(=O)O)cc2)nc(Nc2ccc(S(=O)(=O)O)cc2)c1N=Nc1sc(N=Nc2cc(S(=O)(=O)O)c3cc([N+](=O)[O-])cc(S(=O)(=O)O)c3c2)c(-c2ccc(NC(=O)c3ccccc3C=O)cc2)c1C#N. The molecule has 0 radical (unpaired) electrons. The van der Waals surface area contributed by atoms with Crippen LogP contribution in [0.15, 0.2) is 161 Å². The van der Waals surface area contributed by atoms with Gasteiger partial charge in [0.25, 0.3) is 52.1 Å². The number of anilines is 5. The molecule has 0 aliphatic rings. The maximum Gasteiger partial charge on any atom is 0.295 e. The maximum absolute atomic E-state index is 13.2. The van der Waals surface area contributed by atoms with Crippen molar-refractivity contribution in [1.29, 1.82) is 10.5 Å². The maximum atomic E-state index is 13.2. The molecular weight excluding hydrogens is 1150 g/mol. The summed E-state index contributed by atoms with van der Waals surface area (Å²) in [7, 11) is -19.9. The number of fused-ring (bicyclic) bond motifs is 1. The monoisotopic (exact) mass is 1180 g/mol. The third-order valence-electron chi connectivity index (χ3n) is 11.3. The van der Waals surface area contributed by atoms with Gasteiger partial charge in [-0.05, 0) is 91.3 Å². The Kier molecular flexibility index (Phi) is 15.6. The average molecular weight is 1180 g/mol. The van der Waals surface area contributed by atoms with E-state index in [9.17, 15) is 82.1 Å². The van der Waals surface area contributed by atoms with Gasteiger partial charge >= 0.3 is 0 Å². The van der Waals surface area contributed by atoms with E-state index < -0.39 is 93.0 Å². The van der Waals surface area contributed by atoms with Gasteiger partial charge < -0.3 is 16.0 Å². The summed E-state index contributed by atoms with van der Waals surface area (Å²) >= 11 is 0.640. The smallest absolute Gasteiger partial charge is 0.295 e. The van der Waals surface area contributed by atoms with Crippen LogP contribution in [-0.2, 0) is 40.5 Å². The summed E-state index contributed by atoms with van der Waals surface area (Å²) in [6.45, 7) is 1.44. The fourth-order valence-electron chi connectivity index (χ4n) is 7.63. The molecule has 7 N–H and O–H groups in total. The van der Waals surface area contributed by atoms with E-state index in [0.29, 0.717) is 35.8 Å². The number of pyridine rings is 1. The molecule has 0 unspecified atom stereocenters. The lowest BCUT2D eigenvalue weighted by atomic mass is 10.0. The molecule has 0 saturated heterocycles. The van der Waals surface area contributed by atoms with Gasteiger partial charge in [0.1, 0.15) is 38.2 Å². The Hall–Kier alpha value is -9.61. The van der Waals surface area contributed by atoms with Crippen LogP contribution in [0.2, 0.25) is 0 Å². The molecule has 8 aromatic rings. The van der Waals surface area contributed by atoms with Crippen LogP contribution in [0.5, 0.6) is 0 Å². The Morgan fingerprint density at radius 1 is 0.650 bits per heavy atom. The van der Waals surface area contributed by atoms with Crippen molar-refractivity contribution in [3.05, 3.63) is 159 Å². The van der Waals surface area contributed by atoms with Crippen molar-refractivity contribution >= 4 is 131 Å². The van der Waals surface area contributed by atoms with Crippen molar-refractivity contribution in [2.24, 2.45) is 20.5 Å². The van der Waals surface area contributed by atoms with E-state index >= 15 is 0 Å². The van der Waals surface area contributed by atoms with Crippen LogP contribution in [-0.4, -0.2) is 74.0 Å². The largest absolute Gasteiger partial charge is 0.339 e. The quantitative estimate of drug-likeness (QED) is 0.0146. The summed E-state index contributed by atoms with van der Waals surface area (Å²) < 4.78 is 137. The zero-order valence-corrected chi connectivity index (χ0v) is 44.0. The number of hydrogen-bond donors (Lipinski definition) is 7. The van der Waals surface area contributed by atoms with Crippen LogP contribution >= 0.6 is 11.3 Å². The summed E-state index contributed by atoms with van der Waals surface area (Å²) in [5.41, 5.74) is -1.14. The first kappa shape index (κ1) is 56.6. The van der Waals surface area contributed by atoms with Crippen LogP contribution in [0.4, 0.5) is 55.8 Å². The van der Waals surface area contributed by atoms with Gasteiger partial charge in [0.15, 0.2) is 22.9 Å². The van der Waals surface area contributed by atoms with Crippen molar-refractivity contribution in [3.8, 4) is 23.3 Å². The number of nitrogens with zero attached hydrogens (tertiary/aromatic N) is 8. The number of nitriles is 2. The second kappa shape index (κ2) is 22.0. The number of aromatic nitrogens is 1. The van der Waals surface area contributed by atoms with Gasteiger partial charge in [-0.15, -0.1) is 20.5 Å². The van der Waals surface area contributed by atoms with E-state index in [1.54, 1.807) is 12.1 Å². The number of benzene rings is 6. The molecule has 0 saturated carbocycles. The molecule has 0 bridgehead atoms. The van der Waals surface area contributed by atoms with Crippen LogP contribution in [0.25, 0.3) is 21.9 Å². The second-order valence-corrected chi connectivity index (χ2v) is 23.0. The van der Waals surface area contributed by atoms with Gasteiger partial charge in [0, 0.05) is 56.7 Å². The second-order valence-electron chi connectivity index (χ2n) is 16.4. The minimum Gasteiger partial charge on any atom is -0.339 e. The van der Waals surface area contributed by atoms with E-state index in [1.807, 2.05) is 12.1 Å². The van der Waals surface area contributed by atoms with Crippen molar-refractivity contribution in [2.75, 3.05) is 16.0 Å². The number of thiophene rings is 1. The van der Waals surface area contributed by atoms with Crippen LogP contribution in [0, 0.1) is 39.7 Å². The molecule has 2 heterocycles. The van der Waals surface area contributed by atoms with Crippen LogP contribution < -0.4 is 16.0 Å². The fraction of sp³-hybridized carbons (Fsp3) is 0.0208. The number of hydrogen-bond acceptors (Lipinski definition) is 22. The van der Waals surface area contributed by atoms with Gasteiger partial charge in [-0.2, -0.15) is 44.2 Å². The number of azo groups is 2. The molecule has 27 nitrogen and oxygen atoms in total. The highest BCUT2D eigenvalue weighted by Crippen LogP contribution is 2.49. The van der Waals surface area contributed by atoms with Gasteiger partial charge in [-0.1, -0.05) is 41.7 Å². The summed E-state index contributed by atoms with van der Waals surface area (Å²) in [6.07, 6.45) is 0.501. The topological polar surface area (TPSA) is 441 Å². The van der Waals surface area contributed by atoms with Gasteiger partial charge in [-0.25, -0.2) is 4.98 Å². The first-order valence-corrected chi connectivity index (χ1v) is 28.5. The first-order chi connectivity index (χ1) is 37.7. The highest BCUT2D eigenvalue weighted by Gasteiger charge is 2.27. The predicted molar refractivity (Wildman–Crippen MR) is 286 cm³/mol. The normalized spacial score (nSPS) is 12.0. The molecule has 0 spiro atoms. The number of carbonyl (C=O) groups is 2. The van der Waals surface area contributed by atoms with E-state index in [1.165, 1.54) is 67.6 Å².